The largest absolute Gasteiger partial charge is 0.573 e. The van der Waals surface area contributed by atoms with Gasteiger partial charge in [0.25, 0.3) is 0 Å². The van der Waals surface area contributed by atoms with Crippen molar-refractivity contribution >= 4 is 26.8 Å². The van der Waals surface area contributed by atoms with E-state index < -0.39 is 22.1 Å². The van der Waals surface area contributed by atoms with Crippen molar-refractivity contribution in [1.82, 2.24) is 29.5 Å². The molecule has 1 amide bonds. The summed E-state index contributed by atoms with van der Waals surface area (Å²) in [5.41, 5.74) is 4.00. The van der Waals surface area contributed by atoms with Gasteiger partial charge in [0.1, 0.15) is 11.4 Å². The average Bonchev–Trinajstić information content (AvgIpc) is 3.69. The fraction of sp³-hybridized carbons (Fsp3) is 0.452. The highest BCUT2D eigenvalue weighted by Gasteiger charge is 2.34. The van der Waals surface area contributed by atoms with Gasteiger partial charge in [-0.15, -0.1) is 13.2 Å². The first kappa shape index (κ1) is 31.1. The van der Waals surface area contributed by atoms with E-state index in [0.717, 1.165) is 28.6 Å². The standard InChI is InChI=1S/C31H35F3N6O4S/c1-30(2,39-12-14-45(42,43)15-13-39)10-8-21-18-40(22-17-36-38(3)19-22)28-27(21)25(24-9-11-35-29(24)41)16-26(37-28)20-4-6-23(7-5-20)44-31(32,33)34/h4-7,16-19,24H,8-15H2,1-3H3,(H,35,41). The lowest BCUT2D eigenvalue weighted by Crippen LogP contribution is -2.51. The van der Waals surface area contributed by atoms with Gasteiger partial charge in [-0.25, -0.2) is 13.4 Å². The third kappa shape index (κ3) is 6.57. The fourth-order valence-corrected chi connectivity index (χ4v) is 7.51. The number of hydrogen-bond donors (Lipinski definition) is 1. The number of nitrogens with one attached hydrogen (secondary N) is 1. The molecular weight excluding hydrogens is 609 g/mol. The van der Waals surface area contributed by atoms with Gasteiger partial charge in [-0.1, -0.05) is 0 Å². The number of rotatable bonds is 8. The van der Waals surface area contributed by atoms with Crippen molar-refractivity contribution in [3.63, 3.8) is 0 Å². The molecule has 0 aliphatic carbocycles. The first-order chi connectivity index (χ1) is 21.2. The van der Waals surface area contributed by atoms with E-state index >= 15 is 0 Å². The molecule has 1 unspecified atom stereocenters. The smallest absolute Gasteiger partial charge is 0.406 e. The van der Waals surface area contributed by atoms with E-state index in [-0.39, 0.29) is 28.7 Å². The van der Waals surface area contributed by atoms with Crippen LogP contribution in [0.15, 0.2) is 48.9 Å². The third-order valence-corrected chi connectivity index (χ3v) is 10.5. The number of sulfone groups is 1. The van der Waals surface area contributed by atoms with Crippen LogP contribution in [0.25, 0.3) is 28.0 Å². The molecule has 0 saturated carbocycles. The molecule has 14 heteroatoms. The van der Waals surface area contributed by atoms with Crippen molar-refractivity contribution in [3.05, 3.63) is 60.0 Å². The van der Waals surface area contributed by atoms with Crippen LogP contribution in [0.2, 0.25) is 0 Å². The predicted octanol–water partition coefficient (Wildman–Crippen LogP) is 4.37. The number of ether oxygens (including phenoxy) is 1. The van der Waals surface area contributed by atoms with Crippen LogP contribution in [0.4, 0.5) is 13.2 Å². The summed E-state index contributed by atoms with van der Waals surface area (Å²) in [7, 11) is -1.20. The molecule has 1 atom stereocenters. The average molecular weight is 645 g/mol. The molecule has 0 radical (unpaired) electrons. The van der Waals surface area contributed by atoms with E-state index in [1.165, 1.54) is 24.3 Å². The van der Waals surface area contributed by atoms with Gasteiger partial charge in [-0.05, 0) is 74.6 Å². The van der Waals surface area contributed by atoms with Crippen LogP contribution in [-0.4, -0.2) is 81.6 Å². The Morgan fingerprint density at radius 1 is 1.09 bits per heavy atom. The Morgan fingerprint density at radius 3 is 2.40 bits per heavy atom. The third-order valence-electron chi connectivity index (χ3n) is 8.85. The predicted molar refractivity (Wildman–Crippen MR) is 163 cm³/mol. The van der Waals surface area contributed by atoms with Gasteiger partial charge >= 0.3 is 6.36 Å². The van der Waals surface area contributed by atoms with Crippen molar-refractivity contribution in [3.8, 4) is 22.7 Å². The Labute approximate surface area is 259 Å². The van der Waals surface area contributed by atoms with Crippen molar-refractivity contribution in [2.45, 2.75) is 50.9 Å². The highest BCUT2D eigenvalue weighted by Crippen LogP contribution is 2.38. The summed E-state index contributed by atoms with van der Waals surface area (Å²) in [6.07, 6.45) is 2.78. The number of hydrogen-bond acceptors (Lipinski definition) is 7. The lowest BCUT2D eigenvalue weighted by Gasteiger charge is -2.41. The van der Waals surface area contributed by atoms with Gasteiger partial charge in [0.05, 0.1) is 35.0 Å². The monoisotopic (exact) mass is 644 g/mol. The van der Waals surface area contributed by atoms with Gasteiger partial charge in [-0.2, -0.15) is 5.10 Å². The van der Waals surface area contributed by atoms with Gasteiger partial charge < -0.3 is 10.1 Å². The van der Waals surface area contributed by atoms with Crippen LogP contribution in [0.5, 0.6) is 5.75 Å². The second kappa shape index (κ2) is 11.5. The molecule has 5 heterocycles. The molecule has 0 spiro atoms. The normalized spacial score (nSPS) is 19.2. The molecular formula is C31H35F3N6O4S. The minimum absolute atomic E-state index is 0.0858. The van der Waals surface area contributed by atoms with Crippen LogP contribution in [-0.2, 0) is 28.1 Å². The second-order valence-electron chi connectivity index (χ2n) is 12.3. The summed E-state index contributed by atoms with van der Waals surface area (Å²) >= 11 is 0. The Bertz CT molecular complexity index is 1830. The SMILES string of the molecule is Cn1cc(-n2cc(CCC(C)(C)N3CCS(=O)(=O)CC3)c3c(C4CCNC4=O)cc(-c4ccc(OC(F)(F)F)cc4)nc32)cn1. The van der Waals surface area contributed by atoms with Crippen molar-refractivity contribution in [1.29, 1.82) is 0 Å². The molecule has 2 saturated heterocycles. The molecule has 2 aliphatic rings. The number of pyridine rings is 1. The van der Waals surface area contributed by atoms with Crippen LogP contribution in [0.3, 0.4) is 0 Å². The number of nitrogens with zero attached hydrogens (tertiary/aromatic N) is 5. The molecule has 10 nitrogen and oxygen atoms in total. The lowest BCUT2D eigenvalue weighted by molar-refractivity contribution is -0.274. The lowest BCUT2D eigenvalue weighted by atomic mass is 9.89. The number of aromatic nitrogens is 4. The number of alkyl halides is 3. The number of fused-ring (bicyclic) bond motifs is 1. The van der Waals surface area contributed by atoms with Crippen LogP contribution >= 0.6 is 0 Å². The van der Waals surface area contributed by atoms with Gasteiger partial charge in [0.15, 0.2) is 9.84 Å². The van der Waals surface area contributed by atoms with Crippen molar-refractivity contribution in [2.75, 3.05) is 31.1 Å². The van der Waals surface area contributed by atoms with E-state index in [1.54, 1.807) is 10.9 Å². The van der Waals surface area contributed by atoms with Crippen LogP contribution in [0.1, 0.15) is 43.7 Å². The molecule has 4 aromatic rings. The highest BCUT2D eigenvalue weighted by molar-refractivity contribution is 7.91. The number of carbonyl (C=O) groups is 1. The first-order valence-corrected chi connectivity index (χ1v) is 16.6. The Morgan fingerprint density at radius 2 is 1.80 bits per heavy atom. The molecule has 2 fully saturated rings. The molecule has 45 heavy (non-hydrogen) atoms. The summed E-state index contributed by atoms with van der Waals surface area (Å²) < 4.78 is 70.1. The van der Waals surface area contributed by atoms with Crippen LogP contribution < -0.4 is 10.1 Å². The van der Waals surface area contributed by atoms with Gasteiger partial charge in [0.2, 0.25) is 5.91 Å². The topological polar surface area (TPSA) is 111 Å². The number of amides is 1. The molecule has 2 aliphatic heterocycles. The van der Waals surface area contributed by atoms with E-state index in [2.05, 4.69) is 33.9 Å². The van der Waals surface area contributed by atoms with E-state index in [4.69, 9.17) is 4.98 Å². The number of benzene rings is 1. The number of aryl methyl sites for hydroxylation is 2. The molecule has 1 aromatic carbocycles. The summed E-state index contributed by atoms with van der Waals surface area (Å²) in [5, 5.41) is 8.13. The maximum atomic E-state index is 13.1. The maximum absolute atomic E-state index is 13.1. The first-order valence-electron chi connectivity index (χ1n) is 14.8. The van der Waals surface area contributed by atoms with E-state index in [0.29, 0.717) is 49.4 Å². The summed E-state index contributed by atoms with van der Waals surface area (Å²) in [6, 6.07) is 7.41. The molecule has 240 valence electrons. The highest BCUT2D eigenvalue weighted by atomic mass is 32.2. The molecule has 3 aromatic heterocycles. The quantitative estimate of drug-likeness (QED) is 0.303. The molecule has 6 rings (SSSR count). The Balaban J connectivity index is 1.45. The Kier molecular flexibility index (Phi) is 7.92. The van der Waals surface area contributed by atoms with Crippen molar-refractivity contribution < 1.29 is 31.1 Å². The zero-order valence-corrected chi connectivity index (χ0v) is 26.1. The van der Waals surface area contributed by atoms with Gasteiger partial charge in [0, 0.05) is 55.6 Å². The van der Waals surface area contributed by atoms with Crippen LogP contribution in [0, 0.1) is 0 Å². The summed E-state index contributed by atoms with van der Waals surface area (Å²) in [4.78, 5) is 20.3. The number of halogens is 3. The van der Waals surface area contributed by atoms with E-state index in [9.17, 15) is 26.4 Å². The van der Waals surface area contributed by atoms with E-state index in [1.807, 2.05) is 30.1 Å². The fourth-order valence-electron chi connectivity index (χ4n) is 6.31. The summed E-state index contributed by atoms with van der Waals surface area (Å²) in [6.45, 7) is 5.75. The summed E-state index contributed by atoms with van der Waals surface area (Å²) in [5.74, 6) is -0.553. The number of carbonyl (C=O) groups excluding carboxylic acids is 1. The zero-order valence-electron chi connectivity index (χ0n) is 25.3. The minimum Gasteiger partial charge on any atom is -0.406 e. The second-order valence-corrected chi connectivity index (χ2v) is 14.7. The van der Waals surface area contributed by atoms with Crippen molar-refractivity contribution in [2.24, 2.45) is 7.05 Å². The minimum atomic E-state index is -4.80. The van der Waals surface area contributed by atoms with Gasteiger partial charge in [-0.3, -0.25) is 18.9 Å². The Hall–Kier alpha value is -3.91. The zero-order chi connectivity index (χ0) is 32.1. The molecule has 0 bridgehead atoms. The maximum Gasteiger partial charge on any atom is 0.573 e. The molecule has 1 N–H and O–H groups in total.